The van der Waals surface area contributed by atoms with Gasteiger partial charge in [0.05, 0.1) is 0 Å². The molecular formula is C19H32N2. The zero-order valence-electron chi connectivity index (χ0n) is 14.4. The Balaban J connectivity index is 1.96. The molecule has 0 bridgehead atoms. The summed E-state index contributed by atoms with van der Waals surface area (Å²) in [5.74, 6) is 1.40. The fraction of sp³-hybridized carbons (Fsp3) is 0.684. The van der Waals surface area contributed by atoms with Crippen molar-refractivity contribution in [3.63, 3.8) is 0 Å². The Kier molecular flexibility index (Phi) is 5.45. The lowest BCUT2D eigenvalue weighted by Gasteiger charge is -2.34. The third kappa shape index (κ3) is 4.82. The van der Waals surface area contributed by atoms with Gasteiger partial charge in [-0.2, -0.15) is 0 Å². The number of hydrogen-bond donors (Lipinski definition) is 1. The quantitative estimate of drug-likeness (QED) is 0.884. The molecule has 1 aromatic rings. The SMILES string of the molecule is CC(C)C(CNC(C)(C)C)N1CCC(c2ccccc2)C1. The molecule has 1 aliphatic rings. The zero-order chi connectivity index (χ0) is 15.5. The first-order valence-corrected chi connectivity index (χ1v) is 8.41. The largest absolute Gasteiger partial charge is 0.311 e. The number of nitrogens with zero attached hydrogens (tertiary/aromatic N) is 1. The van der Waals surface area contributed by atoms with Crippen molar-refractivity contribution in [1.29, 1.82) is 0 Å². The van der Waals surface area contributed by atoms with Crippen molar-refractivity contribution in [2.75, 3.05) is 19.6 Å². The first-order chi connectivity index (χ1) is 9.87. The number of benzene rings is 1. The van der Waals surface area contributed by atoms with Crippen LogP contribution < -0.4 is 5.32 Å². The summed E-state index contributed by atoms with van der Waals surface area (Å²) >= 11 is 0. The van der Waals surface area contributed by atoms with E-state index in [0.29, 0.717) is 17.9 Å². The van der Waals surface area contributed by atoms with Crippen LogP contribution in [0.2, 0.25) is 0 Å². The average molecular weight is 288 g/mol. The molecule has 2 heteroatoms. The van der Waals surface area contributed by atoms with E-state index in [1.165, 1.54) is 25.1 Å². The summed E-state index contributed by atoms with van der Waals surface area (Å²) in [5, 5.41) is 3.69. The van der Waals surface area contributed by atoms with Crippen LogP contribution in [0.25, 0.3) is 0 Å². The Morgan fingerprint density at radius 2 is 1.86 bits per heavy atom. The van der Waals surface area contributed by atoms with Crippen LogP contribution in [-0.2, 0) is 0 Å². The van der Waals surface area contributed by atoms with Gasteiger partial charge >= 0.3 is 0 Å². The number of nitrogens with one attached hydrogen (secondary N) is 1. The standard InChI is InChI=1S/C19H32N2/c1-15(2)18(13-20-19(3,4)5)21-12-11-17(14-21)16-9-7-6-8-10-16/h6-10,15,17-18,20H,11-14H2,1-5H3. The highest BCUT2D eigenvalue weighted by atomic mass is 15.2. The molecule has 2 rings (SSSR count). The molecule has 118 valence electrons. The molecule has 0 amide bonds. The minimum Gasteiger partial charge on any atom is -0.311 e. The Bertz CT molecular complexity index is 419. The smallest absolute Gasteiger partial charge is 0.0244 e. The summed E-state index contributed by atoms with van der Waals surface area (Å²) in [6.07, 6.45) is 1.29. The molecule has 0 radical (unpaired) electrons. The molecule has 1 saturated heterocycles. The van der Waals surface area contributed by atoms with Gasteiger partial charge in [0.15, 0.2) is 0 Å². The normalized spacial score (nSPS) is 21.9. The van der Waals surface area contributed by atoms with Gasteiger partial charge < -0.3 is 5.32 Å². The minimum atomic E-state index is 0.200. The summed E-state index contributed by atoms with van der Waals surface area (Å²) in [6, 6.07) is 11.6. The van der Waals surface area contributed by atoms with Crippen LogP contribution in [-0.4, -0.2) is 36.1 Å². The topological polar surface area (TPSA) is 15.3 Å². The maximum absolute atomic E-state index is 3.69. The van der Waals surface area contributed by atoms with Gasteiger partial charge in [-0.3, -0.25) is 4.90 Å². The lowest BCUT2D eigenvalue weighted by molar-refractivity contribution is 0.174. The van der Waals surface area contributed by atoms with Crippen molar-refractivity contribution in [2.24, 2.45) is 5.92 Å². The fourth-order valence-corrected chi connectivity index (χ4v) is 3.28. The molecule has 21 heavy (non-hydrogen) atoms. The van der Waals surface area contributed by atoms with Crippen LogP contribution in [0.5, 0.6) is 0 Å². The first kappa shape index (κ1) is 16.5. The summed E-state index contributed by atoms with van der Waals surface area (Å²) in [5.41, 5.74) is 1.71. The predicted octanol–water partition coefficient (Wildman–Crippen LogP) is 3.89. The zero-order valence-corrected chi connectivity index (χ0v) is 14.4. The second-order valence-electron chi connectivity index (χ2n) is 7.83. The third-order valence-corrected chi connectivity index (χ3v) is 4.57. The molecule has 1 fully saturated rings. The van der Waals surface area contributed by atoms with E-state index in [4.69, 9.17) is 0 Å². The van der Waals surface area contributed by atoms with Crippen molar-refractivity contribution in [3.05, 3.63) is 35.9 Å². The lowest BCUT2D eigenvalue weighted by Crippen LogP contribution is -2.49. The van der Waals surface area contributed by atoms with Gasteiger partial charge in [0.25, 0.3) is 0 Å². The molecule has 1 aliphatic heterocycles. The lowest BCUT2D eigenvalue weighted by atomic mass is 9.98. The predicted molar refractivity (Wildman–Crippen MR) is 91.8 cm³/mol. The van der Waals surface area contributed by atoms with E-state index in [0.717, 1.165) is 6.54 Å². The number of hydrogen-bond acceptors (Lipinski definition) is 2. The Morgan fingerprint density at radius 3 is 2.43 bits per heavy atom. The molecule has 2 atom stereocenters. The van der Waals surface area contributed by atoms with E-state index < -0.39 is 0 Å². The van der Waals surface area contributed by atoms with E-state index in [9.17, 15) is 0 Å². The van der Waals surface area contributed by atoms with Crippen LogP contribution in [0, 0.1) is 5.92 Å². The van der Waals surface area contributed by atoms with E-state index in [1.54, 1.807) is 0 Å². The Hall–Kier alpha value is -0.860. The van der Waals surface area contributed by atoms with E-state index in [-0.39, 0.29) is 5.54 Å². The molecule has 0 aromatic heterocycles. The summed E-state index contributed by atoms with van der Waals surface area (Å²) in [6.45, 7) is 15.0. The molecule has 2 nitrogen and oxygen atoms in total. The summed E-state index contributed by atoms with van der Waals surface area (Å²) in [4.78, 5) is 2.70. The highest BCUT2D eigenvalue weighted by Crippen LogP contribution is 2.29. The van der Waals surface area contributed by atoms with Crippen LogP contribution in [0.15, 0.2) is 30.3 Å². The van der Waals surface area contributed by atoms with Gasteiger partial charge in [0.2, 0.25) is 0 Å². The van der Waals surface area contributed by atoms with Gasteiger partial charge in [0.1, 0.15) is 0 Å². The van der Waals surface area contributed by atoms with E-state index >= 15 is 0 Å². The second kappa shape index (κ2) is 6.93. The number of likely N-dealkylation sites (tertiary alicyclic amines) is 1. The van der Waals surface area contributed by atoms with E-state index in [2.05, 4.69) is 75.2 Å². The number of rotatable bonds is 5. The Morgan fingerprint density at radius 1 is 1.19 bits per heavy atom. The minimum absolute atomic E-state index is 0.200. The first-order valence-electron chi connectivity index (χ1n) is 8.41. The van der Waals surface area contributed by atoms with Crippen molar-refractivity contribution >= 4 is 0 Å². The maximum atomic E-state index is 3.69. The second-order valence-corrected chi connectivity index (χ2v) is 7.83. The molecule has 0 saturated carbocycles. The molecule has 0 aliphatic carbocycles. The maximum Gasteiger partial charge on any atom is 0.0244 e. The highest BCUT2D eigenvalue weighted by Gasteiger charge is 2.31. The highest BCUT2D eigenvalue weighted by molar-refractivity contribution is 5.21. The van der Waals surface area contributed by atoms with E-state index in [1.807, 2.05) is 0 Å². The van der Waals surface area contributed by atoms with Crippen LogP contribution in [0.4, 0.5) is 0 Å². The van der Waals surface area contributed by atoms with Crippen molar-refractivity contribution in [1.82, 2.24) is 10.2 Å². The molecule has 1 aromatic carbocycles. The molecular weight excluding hydrogens is 256 g/mol. The molecule has 1 N–H and O–H groups in total. The Labute approximate surface area is 130 Å². The molecule has 1 heterocycles. The van der Waals surface area contributed by atoms with Crippen molar-refractivity contribution < 1.29 is 0 Å². The van der Waals surface area contributed by atoms with Gasteiger partial charge in [-0.1, -0.05) is 44.2 Å². The van der Waals surface area contributed by atoms with Crippen LogP contribution in [0.3, 0.4) is 0 Å². The van der Waals surface area contributed by atoms with Crippen molar-refractivity contribution in [3.8, 4) is 0 Å². The van der Waals surface area contributed by atoms with Gasteiger partial charge in [-0.25, -0.2) is 0 Å². The van der Waals surface area contributed by atoms with Crippen LogP contribution >= 0.6 is 0 Å². The summed E-state index contributed by atoms with van der Waals surface area (Å²) in [7, 11) is 0. The van der Waals surface area contributed by atoms with Gasteiger partial charge in [0, 0.05) is 24.7 Å². The third-order valence-electron chi connectivity index (χ3n) is 4.57. The van der Waals surface area contributed by atoms with Crippen LogP contribution in [0.1, 0.15) is 52.5 Å². The fourth-order valence-electron chi connectivity index (χ4n) is 3.28. The summed E-state index contributed by atoms with van der Waals surface area (Å²) < 4.78 is 0. The molecule has 2 unspecified atom stereocenters. The monoisotopic (exact) mass is 288 g/mol. The molecule has 0 spiro atoms. The average Bonchev–Trinajstić information content (AvgIpc) is 2.88. The van der Waals surface area contributed by atoms with Gasteiger partial charge in [-0.05, 0) is 51.1 Å². The van der Waals surface area contributed by atoms with Crippen molar-refractivity contribution in [2.45, 2.75) is 58.5 Å². The van der Waals surface area contributed by atoms with Gasteiger partial charge in [-0.15, -0.1) is 0 Å².